The number of carbonyl (C=O) groups is 1. The first kappa shape index (κ1) is 20.5. The Morgan fingerprint density at radius 3 is 2.45 bits per heavy atom. The maximum atomic E-state index is 13.0. The van der Waals surface area contributed by atoms with E-state index in [0.717, 1.165) is 12.1 Å². The molecule has 0 unspecified atom stereocenters. The van der Waals surface area contributed by atoms with Crippen LogP contribution in [0, 0.1) is 0 Å². The molecule has 126 valence electrons. The predicted octanol–water partition coefficient (Wildman–Crippen LogP) is 0.0882. The Morgan fingerprint density at radius 2 is 2.00 bits per heavy atom. The number of halogens is 3. The fourth-order valence-electron chi connectivity index (χ4n) is 1.40. The lowest BCUT2D eigenvalue weighted by atomic mass is 10.2. The molecule has 0 saturated carbocycles. The Kier molecular flexibility index (Phi) is 7.16. The van der Waals surface area contributed by atoms with Crippen molar-refractivity contribution < 1.29 is 26.7 Å². The zero-order valence-electron chi connectivity index (χ0n) is 11.5. The lowest BCUT2D eigenvalue weighted by molar-refractivity contribution is 0.0170. The van der Waals surface area contributed by atoms with E-state index >= 15 is 0 Å². The molecule has 22 heavy (non-hydrogen) atoms. The van der Waals surface area contributed by atoms with Gasteiger partial charge in [-0.05, 0) is 18.2 Å². The van der Waals surface area contributed by atoms with Gasteiger partial charge in [-0.2, -0.15) is 0 Å². The van der Waals surface area contributed by atoms with Crippen molar-refractivity contribution in [2.24, 2.45) is 11.5 Å². The number of nitrogens with one attached hydrogen (secondary N) is 1. The van der Waals surface area contributed by atoms with Gasteiger partial charge < -0.3 is 16.2 Å². The van der Waals surface area contributed by atoms with Gasteiger partial charge >= 0.3 is 0 Å². The van der Waals surface area contributed by atoms with Crippen LogP contribution in [0.4, 0.5) is 8.78 Å². The third-order valence-corrected chi connectivity index (χ3v) is 3.97. The summed E-state index contributed by atoms with van der Waals surface area (Å²) in [5.41, 5.74) is 9.73. The molecule has 1 aromatic carbocycles. The second-order valence-corrected chi connectivity index (χ2v) is 5.88. The molecule has 0 aromatic heterocycles. The maximum Gasteiger partial charge on any atom is 0.273 e. The smallest absolute Gasteiger partial charge is 0.273 e. The summed E-state index contributed by atoms with van der Waals surface area (Å²) < 4.78 is 56.3. The van der Waals surface area contributed by atoms with Crippen LogP contribution in [0.15, 0.2) is 23.1 Å². The minimum atomic E-state index is -4.23. The summed E-state index contributed by atoms with van der Waals surface area (Å²) in [6.07, 6.45) is 0. The molecule has 0 aliphatic carbocycles. The van der Waals surface area contributed by atoms with Crippen molar-refractivity contribution in [3.8, 4) is 5.75 Å². The number of amides is 1. The molecular formula is C11H16ClF2N3O4S. The van der Waals surface area contributed by atoms with Gasteiger partial charge in [0.25, 0.3) is 11.8 Å². The van der Waals surface area contributed by atoms with Gasteiger partial charge in [0.2, 0.25) is 10.0 Å². The molecular weight excluding hydrogens is 344 g/mol. The third kappa shape index (κ3) is 5.05. The molecule has 1 amide bonds. The van der Waals surface area contributed by atoms with E-state index in [1.165, 1.54) is 13.2 Å². The van der Waals surface area contributed by atoms with Crippen LogP contribution in [0.2, 0.25) is 0 Å². The Hall–Kier alpha value is -1.49. The number of primary amides is 1. The van der Waals surface area contributed by atoms with E-state index in [4.69, 9.17) is 16.2 Å². The van der Waals surface area contributed by atoms with Crippen LogP contribution in [-0.4, -0.2) is 40.4 Å². The number of nitrogens with two attached hydrogens (primary N) is 2. The molecule has 0 saturated heterocycles. The van der Waals surface area contributed by atoms with Crippen LogP contribution in [-0.2, 0) is 10.0 Å². The summed E-state index contributed by atoms with van der Waals surface area (Å²) in [7, 11) is -2.96. The van der Waals surface area contributed by atoms with Crippen molar-refractivity contribution in [1.29, 1.82) is 0 Å². The van der Waals surface area contributed by atoms with Crippen molar-refractivity contribution >= 4 is 28.3 Å². The maximum absolute atomic E-state index is 13.0. The first-order valence-electron chi connectivity index (χ1n) is 5.68. The SMILES string of the molecule is COc1ccc(S(=O)(=O)NCC(F)(F)CN)cc1C(N)=O.Cl. The van der Waals surface area contributed by atoms with Crippen molar-refractivity contribution in [3.05, 3.63) is 23.8 Å². The van der Waals surface area contributed by atoms with Crippen molar-refractivity contribution in [3.63, 3.8) is 0 Å². The number of alkyl halides is 2. The molecule has 0 aliphatic rings. The highest BCUT2D eigenvalue weighted by Crippen LogP contribution is 2.22. The third-order valence-electron chi connectivity index (χ3n) is 2.57. The minimum absolute atomic E-state index is 0. The molecule has 0 atom stereocenters. The normalized spacial score (nSPS) is 11.6. The molecule has 7 nitrogen and oxygen atoms in total. The Balaban J connectivity index is 0.00000441. The number of rotatable bonds is 7. The second kappa shape index (κ2) is 7.68. The van der Waals surface area contributed by atoms with E-state index < -0.39 is 34.9 Å². The number of benzene rings is 1. The van der Waals surface area contributed by atoms with Crippen molar-refractivity contribution in [2.75, 3.05) is 20.2 Å². The van der Waals surface area contributed by atoms with Crippen LogP contribution in [0.1, 0.15) is 10.4 Å². The summed E-state index contributed by atoms with van der Waals surface area (Å²) >= 11 is 0. The van der Waals surface area contributed by atoms with Gasteiger partial charge in [-0.1, -0.05) is 0 Å². The lowest BCUT2D eigenvalue weighted by Crippen LogP contribution is -2.41. The number of hydrogen-bond acceptors (Lipinski definition) is 5. The molecule has 0 radical (unpaired) electrons. The summed E-state index contributed by atoms with van der Waals surface area (Å²) in [4.78, 5) is 10.8. The summed E-state index contributed by atoms with van der Waals surface area (Å²) in [6.45, 7) is -2.14. The molecule has 0 spiro atoms. The lowest BCUT2D eigenvalue weighted by Gasteiger charge is -2.15. The van der Waals surface area contributed by atoms with Gasteiger partial charge in [-0.25, -0.2) is 21.9 Å². The van der Waals surface area contributed by atoms with Crippen LogP contribution in [0.3, 0.4) is 0 Å². The van der Waals surface area contributed by atoms with Gasteiger partial charge in [-0.15, -0.1) is 12.4 Å². The van der Waals surface area contributed by atoms with Crippen molar-refractivity contribution in [2.45, 2.75) is 10.8 Å². The first-order chi connectivity index (χ1) is 9.63. The summed E-state index contributed by atoms with van der Waals surface area (Å²) in [5, 5.41) is 0. The van der Waals surface area contributed by atoms with Crippen LogP contribution >= 0.6 is 12.4 Å². The van der Waals surface area contributed by atoms with Gasteiger partial charge in [0, 0.05) is 0 Å². The summed E-state index contributed by atoms with van der Waals surface area (Å²) in [5.74, 6) is -4.20. The Labute approximate surface area is 132 Å². The Morgan fingerprint density at radius 1 is 1.41 bits per heavy atom. The largest absolute Gasteiger partial charge is 0.496 e. The van der Waals surface area contributed by atoms with Crippen LogP contribution in [0.5, 0.6) is 5.75 Å². The number of ether oxygens (including phenoxy) is 1. The first-order valence-corrected chi connectivity index (χ1v) is 7.16. The fourth-order valence-corrected chi connectivity index (χ4v) is 2.49. The standard InChI is InChI=1S/C11H15F2N3O4S.ClH/c1-20-9-3-2-7(4-8(9)10(15)17)21(18,19)16-6-11(12,13)5-14;/h2-4,16H,5-6,14H2,1H3,(H2,15,17);1H. The molecule has 5 N–H and O–H groups in total. The molecule has 11 heteroatoms. The predicted molar refractivity (Wildman–Crippen MR) is 77.9 cm³/mol. The zero-order chi connectivity index (χ0) is 16.3. The van der Waals surface area contributed by atoms with E-state index in [-0.39, 0.29) is 28.6 Å². The second-order valence-electron chi connectivity index (χ2n) is 4.11. The minimum Gasteiger partial charge on any atom is -0.496 e. The molecule has 0 bridgehead atoms. The van der Waals surface area contributed by atoms with E-state index in [1.807, 2.05) is 0 Å². The monoisotopic (exact) mass is 359 g/mol. The highest BCUT2D eigenvalue weighted by molar-refractivity contribution is 7.89. The number of methoxy groups -OCH3 is 1. The van der Waals surface area contributed by atoms with E-state index in [2.05, 4.69) is 0 Å². The number of sulfonamides is 1. The fraction of sp³-hybridized carbons (Fsp3) is 0.364. The van der Waals surface area contributed by atoms with E-state index in [9.17, 15) is 22.0 Å². The van der Waals surface area contributed by atoms with Crippen LogP contribution < -0.4 is 20.9 Å². The summed E-state index contributed by atoms with van der Waals surface area (Å²) in [6, 6.07) is 3.26. The van der Waals surface area contributed by atoms with Gasteiger partial charge in [-0.3, -0.25) is 4.79 Å². The molecule has 0 aliphatic heterocycles. The molecule has 1 aromatic rings. The number of carbonyl (C=O) groups excluding carboxylic acids is 1. The van der Waals surface area contributed by atoms with Crippen molar-refractivity contribution in [1.82, 2.24) is 4.72 Å². The van der Waals surface area contributed by atoms with E-state index in [1.54, 1.807) is 4.72 Å². The Bertz CT molecular complexity index is 640. The molecule has 1 rings (SSSR count). The molecule has 0 fully saturated rings. The highest BCUT2D eigenvalue weighted by Gasteiger charge is 2.29. The topological polar surface area (TPSA) is 125 Å². The quantitative estimate of drug-likeness (QED) is 0.636. The number of hydrogen-bond donors (Lipinski definition) is 3. The zero-order valence-corrected chi connectivity index (χ0v) is 13.1. The van der Waals surface area contributed by atoms with Crippen LogP contribution in [0.25, 0.3) is 0 Å². The molecule has 0 heterocycles. The van der Waals surface area contributed by atoms with Gasteiger partial charge in [0.1, 0.15) is 5.75 Å². The van der Waals surface area contributed by atoms with Gasteiger partial charge in [0.15, 0.2) is 0 Å². The van der Waals surface area contributed by atoms with Gasteiger partial charge in [0.05, 0.1) is 30.7 Å². The highest BCUT2D eigenvalue weighted by atomic mass is 35.5. The average molecular weight is 360 g/mol. The average Bonchev–Trinajstić information content (AvgIpc) is 2.44. The van der Waals surface area contributed by atoms with E-state index in [0.29, 0.717) is 0 Å².